The maximum absolute atomic E-state index is 14.5. The van der Waals surface area contributed by atoms with Crippen LogP contribution in [0.25, 0.3) is 10.8 Å². The molecule has 45 heavy (non-hydrogen) atoms. The van der Waals surface area contributed by atoms with E-state index >= 15 is 0 Å². The van der Waals surface area contributed by atoms with Gasteiger partial charge in [0.25, 0.3) is 0 Å². The standard InChI is InChI=1S/C37H47N5O3/c1-39-21-23-42(24-22-39)36(45)33(26-28-11-5-4-6-12-28)41(3)35(44)32(27-29-16-17-30-13-7-8-14-31(30)25-29)40(2)34(43)15-9-18-37(38)19-10-20-37/h4-9,11-17,25,32-33H,10,18-24,26-27,38H2,1-3H3/b15-9+/t32-,33?/m1/s1. The van der Waals surface area contributed by atoms with Crippen molar-refractivity contribution in [2.24, 2.45) is 5.73 Å². The maximum Gasteiger partial charge on any atom is 0.246 e. The molecule has 8 heteroatoms. The summed E-state index contributed by atoms with van der Waals surface area (Å²) in [5.41, 5.74) is 8.08. The van der Waals surface area contributed by atoms with Crippen LogP contribution in [0.5, 0.6) is 0 Å². The number of benzene rings is 3. The molecule has 1 aliphatic carbocycles. The predicted octanol–water partition coefficient (Wildman–Crippen LogP) is 3.88. The van der Waals surface area contributed by atoms with Gasteiger partial charge in [-0.3, -0.25) is 14.4 Å². The van der Waals surface area contributed by atoms with E-state index in [9.17, 15) is 14.4 Å². The third kappa shape index (κ3) is 7.99. The summed E-state index contributed by atoms with van der Waals surface area (Å²) in [5.74, 6) is -0.574. The molecule has 2 fully saturated rings. The van der Waals surface area contributed by atoms with Gasteiger partial charge in [0.15, 0.2) is 0 Å². The maximum atomic E-state index is 14.5. The lowest BCUT2D eigenvalue weighted by Gasteiger charge is -2.39. The van der Waals surface area contributed by atoms with E-state index in [0.29, 0.717) is 32.4 Å². The Balaban J connectivity index is 1.42. The molecule has 1 unspecified atom stereocenters. The molecule has 0 aromatic heterocycles. The summed E-state index contributed by atoms with van der Waals surface area (Å²) in [7, 11) is 5.44. The normalized spacial score (nSPS) is 17.9. The molecule has 2 N–H and O–H groups in total. The first-order valence-electron chi connectivity index (χ1n) is 16.1. The van der Waals surface area contributed by atoms with E-state index in [1.165, 1.54) is 4.90 Å². The Hall–Kier alpha value is -4.01. The lowest BCUT2D eigenvalue weighted by molar-refractivity contribution is -0.149. The quantitative estimate of drug-likeness (QED) is 0.334. The first kappa shape index (κ1) is 32.4. The number of hydrogen-bond acceptors (Lipinski definition) is 5. The van der Waals surface area contributed by atoms with Gasteiger partial charge in [-0.2, -0.15) is 0 Å². The van der Waals surface area contributed by atoms with E-state index in [2.05, 4.69) is 24.1 Å². The van der Waals surface area contributed by atoms with E-state index < -0.39 is 12.1 Å². The molecular formula is C37H47N5O3. The zero-order valence-electron chi connectivity index (χ0n) is 26.9. The molecule has 3 amide bonds. The van der Waals surface area contributed by atoms with Crippen molar-refractivity contribution in [3.63, 3.8) is 0 Å². The molecule has 3 aromatic rings. The minimum atomic E-state index is -0.803. The molecule has 1 heterocycles. The van der Waals surface area contributed by atoms with Gasteiger partial charge in [0.2, 0.25) is 17.7 Å². The van der Waals surface area contributed by atoms with Gasteiger partial charge >= 0.3 is 0 Å². The summed E-state index contributed by atoms with van der Waals surface area (Å²) in [4.78, 5) is 49.3. The topological polar surface area (TPSA) is 90.2 Å². The molecule has 1 saturated heterocycles. The third-order valence-electron chi connectivity index (χ3n) is 9.66. The zero-order valence-corrected chi connectivity index (χ0v) is 26.9. The fourth-order valence-corrected chi connectivity index (χ4v) is 6.33. The second-order valence-corrected chi connectivity index (χ2v) is 13.0. The molecule has 2 aliphatic rings. The molecule has 0 bridgehead atoms. The van der Waals surface area contributed by atoms with Gasteiger partial charge in [-0.15, -0.1) is 0 Å². The van der Waals surface area contributed by atoms with Gasteiger partial charge in [0, 0.05) is 58.7 Å². The van der Waals surface area contributed by atoms with E-state index in [-0.39, 0.29) is 23.3 Å². The Morgan fingerprint density at radius 1 is 0.822 bits per heavy atom. The van der Waals surface area contributed by atoms with Crippen molar-refractivity contribution in [2.45, 2.75) is 56.1 Å². The third-order valence-corrected chi connectivity index (χ3v) is 9.66. The van der Waals surface area contributed by atoms with Gasteiger partial charge in [-0.05, 0) is 60.7 Å². The summed E-state index contributed by atoms with van der Waals surface area (Å²) in [5, 5.41) is 2.19. The second-order valence-electron chi connectivity index (χ2n) is 13.0. The summed E-state index contributed by atoms with van der Waals surface area (Å²) in [6.07, 6.45) is 7.77. The fraction of sp³-hybridized carbons (Fsp3) is 0.432. The Kier molecular flexibility index (Phi) is 10.4. The Bertz CT molecular complexity index is 1510. The minimum absolute atomic E-state index is 0.0603. The van der Waals surface area contributed by atoms with Crippen molar-refractivity contribution in [1.29, 1.82) is 0 Å². The highest BCUT2D eigenvalue weighted by atomic mass is 16.2. The van der Waals surface area contributed by atoms with Crippen LogP contribution in [0.2, 0.25) is 0 Å². The number of nitrogens with zero attached hydrogens (tertiary/aromatic N) is 4. The Labute approximate surface area is 267 Å². The van der Waals surface area contributed by atoms with Crippen LogP contribution < -0.4 is 5.73 Å². The van der Waals surface area contributed by atoms with Crippen LogP contribution in [-0.4, -0.2) is 102 Å². The number of fused-ring (bicyclic) bond motifs is 1. The van der Waals surface area contributed by atoms with E-state index in [1.807, 2.05) is 71.6 Å². The first-order valence-corrected chi connectivity index (χ1v) is 16.1. The van der Waals surface area contributed by atoms with Crippen LogP contribution >= 0.6 is 0 Å². The number of carbonyl (C=O) groups is 3. The smallest absolute Gasteiger partial charge is 0.246 e. The molecule has 5 rings (SSSR count). The number of amides is 3. The molecule has 0 spiro atoms. The van der Waals surface area contributed by atoms with Crippen LogP contribution in [0.15, 0.2) is 84.9 Å². The zero-order chi connectivity index (χ0) is 32.0. The monoisotopic (exact) mass is 609 g/mol. The number of nitrogens with two attached hydrogens (primary N) is 1. The summed E-state index contributed by atoms with van der Waals surface area (Å²) in [6, 6.07) is 22.6. The van der Waals surface area contributed by atoms with Gasteiger partial charge in [-0.25, -0.2) is 0 Å². The van der Waals surface area contributed by atoms with Crippen LogP contribution in [0.3, 0.4) is 0 Å². The predicted molar refractivity (Wildman–Crippen MR) is 180 cm³/mol. The molecular weight excluding hydrogens is 562 g/mol. The summed E-state index contributed by atoms with van der Waals surface area (Å²) < 4.78 is 0. The van der Waals surface area contributed by atoms with Crippen LogP contribution in [0.4, 0.5) is 0 Å². The van der Waals surface area contributed by atoms with Crippen molar-refractivity contribution >= 4 is 28.5 Å². The Morgan fingerprint density at radius 2 is 1.47 bits per heavy atom. The second kappa shape index (κ2) is 14.4. The van der Waals surface area contributed by atoms with Crippen LogP contribution in [-0.2, 0) is 27.2 Å². The van der Waals surface area contributed by atoms with Gasteiger partial charge < -0.3 is 25.3 Å². The largest absolute Gasteiger partial charge is 0.338 e. The summed E-state index contributed by atoms with van der Waals surface area (Å²) in [6.45, 7) is 2.82. The van der Waals surface area contributed by atoms with E-state index in [0.717, 1.165) is 54.3 Å². The number of piperazine rings is 1. The molecule has 1 saturated carbocycles. The van der Waals surface area contributed by atoms with Crippen LogP contribution in [0.1, 0.15) is 36.8 Å². The highest BCUT2D eigenvalue weighted by molar-refractivity contribution is 5.95. The highest BCUT2D eigenvalue weighted by Crippen LogP contribution is 2.32. The van der Waals surface area contributed by atoms with Gasteiger partial charge in [0.1, 0.15) is 12.1 Å². The SMILES string of the molecule is CN1CCN(C(=O)C(Cc2ccccc2)N(C)C(=O)[C@@H](Cc2ccc3ccccc3c2)N(C)C(=O)/C=C/CC2(N)CCC2)CC1. The van der Waals surface area contributed by atoms with Crippen LogP contribution in [0, 0.1) is 0 Å². The van der Waals surface area contributed by atoms with Gasteiger partial charge in [0.05, 0.1) is 0 Å². The number of hydrogen-bond donors (Lipinski definition) is 1. The minimum Gasteiger partial charge on any atom is -0.338 e. The molecule has 0 radical (unpaired) electrons. The number of carbonyl (C=O) groups excluding carboxylic acids is 3. The molecule has 2 atom stereocenters. The highest BCUT2D eigenvalue weighted by Gasteiger charge is 2.37. The molecule has 1 aliphatic heterocycles. The average Bonchev–Trinajstić information content (AvgIpc) is 3.04. The first-order chi connectivity index (χ1) is 21.6. The number of rotatable bonds is 11. The number of likely N-dealkylation sites (N-methyl/N-ethyl adjacent to an activating group) is 3. The fourth-order valence-electron chi connectivity index (χ4n) is 6.33. The molecule has 238 valence electrons. The lowest BCUT2D eigenvalue weighted by atomic mass is 9.75. The average molecular weight is 610 g/mol. The Morgan fingerprint density at radius 3 is 2.13 bits per heavy atom. The van der Waals surface area contributed by atoms with Gasteiger partial charge in [-0.1, -0.05) is 78.9 Å². The molecule has 3 aromatic carbocycles. The van der Waals surface area contributed by atoms with Crippen molar-refractivity contribution in [3.05, 3.63) is 96.1 Å². The van der Waals surface area contributed by atoms with Crippen molar-refractivity contribution < 1.29 is 14.4 Å². The van der Waals surface area contributed by atoms with Crippen molar-refractivity contribution in [3.8, 4) is 0 Å². The lowest BCUT2D eigenvalue weighted by Crippen LogP contribution is -2.58. The van der Waals surface area contributed by atoms with Crippen molar-refractivity contribution in [2.75, 3.05) is 47.3 Å². The van der Waals surface area contributed by atoms with E-state index in [1.54, 1.807) is 25.1 Å². The van der Waals surface area contributed by atoms with E-state index in [4.69, 9.17) is 5.73 Å². The van der Waals surface area contributed by atoms with Crippen molar-refractivity contribution in [1.82, 2.24) is 19.6 Å². The molecule has 8 nitrogen and oxygen atoms in total. The summed E-state index contributed by atoms with van der Waals surface area (Å²) >= 11 is 0.